The third kappa shape index (κ3) is 3.97. The Morgan fingerprint density at radius 2 is 2.29 bits per heavy atom. The van der Waals surface area contributed by atoms with Gasteiger partial charge in [0.2, 0.25) is 0 Å². The molecule has 1 N–H and O–H groups in total. The minimum atomic E-state index is 0.847. The van der Waals surface area contributed by atoms with Crippen molar-refractivity contribution in [2.45, 2.75) is 0 Å². The Morgan fingerprint density at radius 3 is 2.43 bits per heavy atom. The summed E-state index contributed by atoms with van der Waals surface area (Å²) in [6.45, 7) is 0. The van der Waals surface area contributed by atoms with Gasteiger partial charge in [0.1, 0.15) is 0 Å². The van der Waals surface area contributed by atoms with Crippen molar-refractivity contribution in [1.82, 2.24) is 9.97 Å². The Hall–Kier alpha value is 0.123. The zero-order valence-electron chi connectivity index (χ0n) is 3.76. The second-order valence-electron chi connectivity index (χ2n) is 0.761. The van der Waals surface area contributed by atoms with Crippen molar-refractivity contribution in [1.29, 1.82) is 0 Å². The van der Waals surface area contributed by atoms with Crippen molar-refractivity contribution < 1.29 is 17.3 Å². The van der Waals surface area contributed by atoms with Crippen LogP contribution in [0.4, 0.5) is 0 Å². The fourth-order valence-electron chi connectivity index (χ4n) is 0.215. The molecule has 0 radical (unpaired) electrons. The number of nitrogens with one attached hydrogen (secondary N) is 1. The topological polar surface area (TPSA) is 28.7 Å². The Morgan fingerprint density at radius 1 is 1.57 bits per heavy atom. The molecule has 35 valence electrons. The SMILES string of the molecule is [Cl][Zn].c1c[nH]cn1. The van der Waals surface area contributed by atoms with Crippen LogP contribution >= 0.6 is 9.69 Å². The number of nitrogens with zero attached hydrogens (tertiary/aromatic N) is 1. The number of hydrogen-bond acceptors (Lipinski definition) is 1. The molecule has 2 nitrogen and oxygen atoms in total. The van der Waals surface area contributed by atoms with E-state index in [0.717, 1.165) is 17.3 Å². The first kappa shape index (κ1) is 7.12. The zero-order chi connectivity index (χ0) is 5.54. The molecule has 0 unspecified atom stereocenters. The van der Waals surface area contributed by atoms with E-state index in [1.165, 1.54) is 0 Å². The fraction of sp³-hybridized carbons (Fsp3) is 0. The largest absolute Gasteiger partial charge is 0.351 e. The van der Waals surface area contributed by atoms with Gasteiger partial charge in [-0.3, -0.25) is 0 Å². The zero-order valence-corrected chi connectivity index (χ0v) is 7.49. The normalized spacial score (nSPS) is 6.71. The van der Waals surface area contributed by atoms with Gasteiger partial charge in [-0.05, 0) is 0 Å². The molecule has 0 aliphatic rings. The molecule has 1 heterocycles. The summed E-state index contributed by atoms with van der Waals surface area (Å²) in [5.41, 5.74) is 0. The van der Waals surface area contributed by atoms with Crippen molar-refractivity contribution in [2.75, 3.05) is 0 Å². The Balaban J connectivity index is 0.000000162. The summed E-state index contributed by atoms with van der Waals surface area (Å²) in [4.78, 5) is 6.42. The molecule has 0 aliphatic carbocycles. The molecular formula is C3H4ClN2Zn. The molecule has 0 aromatic carbocycles. The second-order valence-corrected chi connectivity index (χ2v) is 0.761. The molecule has 0 aliphatic heterocycles. The number of halogens is 1. The Labute approximate surface area is 56.0 Å². The van der Waals surface area contributed by atoms with Crippen molar-refractivity contribution in [3.8, 4) is 0 Å². The van der Waals surface area contributed by atoms with E-state index in [4.69, 9.17) is 9.69 Å². The van der Waals surface area contributed by atoms with Gasteiger partial charge in [0, 0.05) is 12.4 Å². The molecule has 1 rings (SSSR count). The Bertz CT molecular complexity index is 69.4. The van der Waals surface area contributed by atoms with Gasteiger partial charge in [-0.1, -0.05) is 0 Å². The number of aromatic nitrogens is 2. The molecule has 0 amide bonds. The van der Waals surface area contributed by atoms with Gasteiger partial charge in [-0.15, -0.1) is 0 Å². The molecule has 1 aromatic heterocycles. The summed E-state index contributed by atoms with van der Waals surface area (Å²) in [5.74, 6) is 0. The molecule has 7 heavy (non-hydrogen) atoms. The minimum Gasteiger partial charge on any atom is -0.351 e. The summed E-state index contributed by atoms with van der Waals surface area (Å²) in [6.07, 6.45) is 5.08. The van der Waals surface area contributed by atoms with Gasteiger partial charge in [0.05, 0.1) is 6.33 Å². The summed E-state index contributed by atoms with van der Waals surface area (Å²) in [5, 5.41) is 0. The Kier molecular flexibility index (Phi) is 6.23. The number of hydrogen-bond donors (Lipinski definition) is 1. The maximum absolute atomic E-state index is 4.76. The molecule has 0 saturated carbocycles. The molecule has 0 bridgehead atoms. The summed E-state index contributed by atoms with van der Waals surface area (Å²) in [7, 11) is 4.76. The van der Waals surface area contributed by atoms with Crippen LogP contribution in [0.5, 0.6) is 0 Å². The maximum atomic E-state index is 4.76. The predicted octanol–water partition coefficient (Wildman–Crippen LogP) is 1.10. The van der Waals surface area contributed by atoms with E-state index in [2.05, 4.69) is 9.97 Å². The van der Waals surface area contributed by atoms with Gasteiger partial charge in [0.15, 0.2) is 0 Å². The van der Waals surface area contributed by atoms with Crippen LogP contribution in [0.25, 0.3) is 0 Å². The molecule has 0 saturated heterocycles. The van der Waals surface area contributed by atoms with Gasteiger partial charge < -0.3 is 4.98 Å². The van der Waals surface area contributed by atoms with Crippen LogP contribution in [0.15, 0.2) is 18.7 Å². The first-order valence-electron chi connectivity index (χ1n) is 1.69. The molecular weight excluding hydrogens is 165 g/mol. The molecule has 0 atom stereocenters. The van der Waals surface area contributed by atoms with E-state index < -0.39 is 0 Å². The van der Waals surface area contributed by atoms with Crippen molar-refractivity contribution >= 4 is 9.69 Å². The fourth-order valence-corrected chi connectivity index (χ4v) is 0.215. The monoisotopic (exact) mass is 167 g/mol. The van der Waals surface area contributed by atoms with Crippen LogP contribution in [0.3, 0.4) is 0 Å². The average molecular weight is 169 g/mol. The van der Waals surface area contributed by atoms with E-state index in [1.807, 2.05) is 0 Å². The molecule has 4 heteroatoms. The number of imidazole rings is 1. The van der Waals surface area contributed by atoms with E-state index >= 15 is 0 Å². The molecule has 0 spiro atoms. The smallest absolute Gasteiger partial charge is 0.0919 e. The maximum Gasteiger partial charge on any atom is 0.0919 e. The third-order valence-electron chi connectivity index (χ3n) is 0.406. The first-order chi connectivity index (χ1) is 3.50. The van der Waals surface area contributed by atoms with E-state index in [1.54, 1.807) is 18.7 Å². The number of H-pyrrole nitrogens is 1. The van der Waals surface area contributed by atoms with Gasteiger partial charge in [-0.2, -0.15) is 0 Å². The van der Waals surface area contributed by atoms with Gasteiger partial charge in [0.25, 0.3) is 0 Å². The van der Waals surface area contributed by atoms with E-state index in [0.29, 0.717) is 0 Å². The van der Waals surface area contributed by atoms with Crippen molar-refractivity contribution in [2.24, 2.45) is 0 Å². The van der Waals surface area contributed by atoms with E-state index in [9.17, 15) is 0 Å². The second kappa shape index (κ2) is 6.12. The van der Waals surface area contributed by atoms with Crippen LogP contribution in [-0.2, 0) is 17.3 Å². The molecule has 1 aromatic rings. The van der Waals surface area contributed by atoms with E-state index in [-0.39, 0.29) is 0 Å². The van der Waals surface area contributed by atoms with Crippen molar-refractivity contribution in [3.05, 3.63) is 18.7 Å². The standard InChI is InChI=1S/C3H4N2.ClH.Zn/c1-2-5-3-4-1;;/h1-3H,(H,4,5);1H;/q;;+1/p-1. The average Bonchev–Trinajstić information content (AvgIpc) is 2.23. The van der Waals surface area contributed by atoms with Crippen LogP contribution < -0.4 is 0 Å². The van der Waals surface area contributed by atoms with Crippen LogP contribution in [0, 0.1) is 0 Å². The number of rotatable bonds is 0. The van der Waals surface area contributed by atoms with Gasteiger partial charge >= 0.3 is 27.0 Å². The predicted molar refractivity (Wildman–Crippen MR) is 24.4 cm³/mol. The quantitative estimate of drug-likeness (QED) is 0.578. The minimum absolute atomic E-state index is 0.847. The van der Waals surface area contributed by atoms with Crippen LogP contribution in [0.2, 0.25) is 0 Å². The summed E-state index contributed by atoms with van der Waals surface area (Å²) in [6, 6.07) is 0. The van der Waals surface area contributed by atoms with Crippen molar-refractivity contribution in [3.63, 3.8) is 0 Å². The molecule has 0 fully saturated rings. The van der Waals surface area contributed by atoms with Gasteiger partial charge in [-0.25, -0.2) is 4.98 Å². The summed E-state index contributed by atoms with van der Waals surface area (Å²) < 4.78 is 0. The third-order valence-corrected chi connectivity index (χ3v) is 0.406. The number of aromatic amines is 1. The van der Waals surface area contributed by atoms with Crippen LogP contribution in [-0.4, -0.2) is 9.97 Å². The summed E-state index contributed by atoms with van der Waals surface area (Å²) >= 11 is 0.847. The van der Waals surface area contributed by atoms with Crippen LogP contribution in [0.1, 0.15) is 0 Å². The first-order valence-corrected chi connectivity index (χ1v) is 5.59.